The molecule has 2 aromatic rings. The van der Waals surface area contributed by atoms with Crippen LogP contribution in [0.4, 0.5) is 5.13 Å². The molecule has 0 unspecified atom stereocenters. The number of rotatable bonds is 6. The minimum Gasteiger partial charge on any atom is -0.497 e. The molecule has 0 bridgehead atoms. The van der Waals surface area contributed by atoms with E-state index in [-0.39, 0.29) is 16.7 Å². The number of aromatic nitrogens is 1. The quantitative estimate of drug-likeness (QED) is 0.730. The SMILES string of the molecule is COc1ccc(C(=O)Nc2nc(C(=O)NCC(=O)O)cs2)cc1. The van der Waals surface area contributed by atoms with Gasteiger partial charge in [0.25, 0.3) is 11.8 Å². The van der Waals surface area contributed by atoms with Crippen LogP contribution in [-0.2, 0) is 4.79 Å². The van der Waals surface area contributed by atoms with Crippen molar-refractivity contribution in [2.24, 2.45) is 0 Å². The molecule has 0 aliphatic rings. The third kappa shape index (κ3) is 4.51. The highest BCUT2D eigenvalue weighted by Crippen LogP contribution is 2.17. The molecule has 0 spiro atoms. The van der Waals surface area contributed by atoms with Crippen molar-refractivity contribution in [1.82, 2.24) is 10.3 Å². The average molecular weight is 335 g/mol. The molecule has 23 heavy (non-hydrogen) atoms. The summed E-state index contributed by atoms with van der Waals surface area (Å²) in [6.07, 6.45) is 0. The van der Waals surface area contributed by atoms with E-state index in [1.165, 1.54) is 12.5 Å². The Kier molecular flexibility index (Phi) is 5.26. The van der Waals surface area contributed by atoms with E-state index in [2.05, 4.69) is 15.6 Å². The van der Waals surface area contributed by atoms with Gasteiger partial charge in [0.15, 0.2) is 5.13 Å². The first-order valence-electron chi connectivity index (χ1n) is 6.40. The molecule has 0 aliphatic heterocycles. The van der Waals surface area contributed by atoms with Crippen molar-refractivity contribution in [3.63, 3.8) is 0 Å². The van der Waals surface area contributed by atoms with Crippen LogP contribution >= 0.6 is 11.3 Å². The molecule has 3 N–H and O–H groups in total. The number of nitrogens with zero attached hydrogens (tertiary/aromatic N) is 1. The number of benzene rings is 1. The molecule has 9 heteroatoms. The van der Waals surface area contributed by atoms with Crippen molar-refractivity contribution in [3.05, 3.63) is 40.9 Å². The van der Waals surface area contributed by atoms with Crippen LogP contribution in [0.5, 0.6) is 5.75 Å². The molecule has 1 aromatic carbocycles. The standard InChI is InChI=1S/C14H13N3O5S/c1-22-9-4-2-8(3-5-9)12(20)17-14-16-10(7-23-14)13(21)15-6-11(18)19/h2-5,7H,6H2,1H3,(H,15,21)(H,18,19)(H,16,17,20). The van der Waals surface area contributed by atoms with Crippen molar-refractivity contribution < 1.29 is 24.2 Å². The third-order valence-corrected chi connectivity index (χ3v) is 3.47. The number of anilines is 1. The number of methoxy groups -OCH3 is 1. The molecule has 0 radical (unpaired) electrons. The lowest BCUT2D eigenvalue weighted by Crippen LogP contribution is -2.29. The van der Waals surface area contributed by atoms with Crippen LogP contribution in [0.25, 0.3) is 0 Å². The number of nitrogens with one attached hydrogen (secondary N) is 2. The van der Waals surface area contributed by atoms with Crippen molar-refractivity contribution >= 4 is 34.3 Å². The monoisotopic (exact) mass is 335 g/mol. The normalized spacial score (nSPS) is 9.96. The summed E-state index contributed by atoms with van der Waals surface area (Å²) in [6.45, 7) is -0.496. The lowest BCUT2D eigenvalue weighted by molar-refractivity contribution is -0.135. The van der Waals surface area contributed by atoms with Gasteiger partial charge in [0.2, 0.25) is 0 Å². The molecule has 0 saturated heterocycles. The molecular formula is C14H13N3O5S. The average Bonchev–Trinajstić information content (AvgIpc) is 3.01. The second-order valence-corrected chi connectivity index (χ2v) is 5.16. The van der Waals surface area contributed by atoms with Crippen LogP contribution in [-0.4, -0.2) is 41.5 Å². The Morgan fingerprint density at radius 2 is 1.91 bits per heavy atom. The van der Waals surface area contributed by atoms with E-state index in [4.69, 9.17) is 9.84 Å². The maximum absolute atomic E-state index is 12.0. The first-order chi connectivity index (χ1) is 11.0. The predicted molar refractivity (Wildman–Crippen MR) is 83.0 cm³/mol. The number of thiazole rings is 1. The Morgan fingerprint density at radius 3 is 2.52 bits per heavy atom. The Hall–Kier alpha value is -2.94. The fourth-order valence-corrected chi connectivity index (χ4v) is 2.28. The van der Waals surface area contributed by atoms with Crippen molar-refractivity contribution in [2.75, 3.05) is 19.0 Å². The van der Waals surface area contributed by atoms with Crippen LogP contribution in [0.15, 0.2) is 29.6 Å². The van der Waals surface area contributed by atoms with Crippen LogP contribution < -0.4 is 15.4 Å². The highest BCUT2D eigenvalue weighted by molar-refractivity contribution is 7.14. The molecule has 120 valence electrons. The maximum atomic E-state index is 12.0. The predicted octanol–water partition coefficient (Wildman–Crippen LogP) is 1.22. The molecule has 8 nitrogen and oxygen atoms in total. The van der Waals surface area contributed by atoms with Crippen LogP contribution in [0.1, 0.15) is 20.8 Å². The van der Waals surface area contributed by atoms with Crippen molar-refractivity contribution in [3.8, 4) is 5.75 Å². The zero-order valence-electron chi connectivity index (χ0n) is 12.0. The fourth-order valence-electron chi connectivity index (χ4n) is 1.59. The summed E-state index contributed by atoms with van der Waals surface area (Å²) in [6, 6.07) is 6.51. The zero-order chi connectivity index (χ0) is 16.8. The molecule has 0 fully saturated rings. The second-order valence-electron chi connectivity index (χ2n) is 4.30. The van der Waals surface area contributed by atoms with Crippen molar-refractivity contribution in [1.29, 1.82) is 0 Å². The molecule has 0 atom stereocenters. The number of hydrogen-bond donors (Lipinski definition) is 3. The summed E-state index contributed by atoms with van der Waals surface area (Å²) < 4.78 is 5.01. The van der Waals surface area contributed by atoms with Gasteiger partial charge in [0.05, 0.1) is 7.11 Å². The van der Waals surface area contributed by atoms with Gasteiger partial charge >= 0.3 is 5.97 Å². The summed E-state index contributed by atoms with van der Waals surface area (Å²) in [5.41, 5.74) is 0.458. The van der Waals surface area contributed by atoms with E-state index in [0.29, 0.717) is 11.3 Å². The van der Waals surface area contributed by atoms with Gasteiger partial charge in [-0.15, -0.1) is 11.3 Å². The Morgan fingerprint density at radius 1 is 1.22 bits per heavy atom. The van der Waals surface area contributed by atoms with E-state index < -0.39 is 18.4 Å². The van der Waals surface area contributed by atoms with E-state index in [0.717, 1.165) is 11.3 Å². The van der Waals surface area contributed by atoms with Gasteiger partial charge in [0, 0.05) is 10.9 Å². The van der Waals surface area contributed by atoms with E-state index in [9.17, 15) is 14.4 Å². The first kappa shape index (κ1) is 16.4. The van der Waals surface area contributed by atoms with Gasteiger partial charge in [0.1, 0.15) is 18.0 Å². The minimum absolute atomic E-state index is 0.0429. The number of carbonyl (C=O) groups excluding carboxylic acids is 2. The Labute approximate surface area is 135 Å². The minimum atomic E-state index is -1.15. The highest BCUT2D eigenvalue weighted by atomic mass is 32.1. The van der Waals surface area contributed by atoms with Gasteiger partial charge < -0.3 is 15.2 Å². The number of carboxylic acids is 1. The second kappa shape index (κ2) is 7.36. The van der Waals surface area contributed by atoms with E-state index in [1.807, 2.05) is 0 Å². The fraction of sp³-hybridized carbons (Fsp3) is 0.143. The zero-order valence-corrected chi connectivity index (χ0v) is 12.8. The number of aliphatic carboxylic acids is 1. The lowest BCUT2D eigenvalue weighted by Gasteiger charge is -2.03. The molecule has 2 rings (SSSR count). The van der Waals surface area contributed by atoms with Crippen LogP contribution in [0.2, 0.25) is 0 Å². The van der Waals surface area contributed by atoms with Gasteiger partial charge in [-0.2, -0.15) is 0 Å². The molecule has 2 amide bonds. The number of hydrogen-bond acceptors (Lipinski definition) is 6. The topological polar surface area (TPSA) is 118 Å². The maximum Gasteiger partial charge on any atom is 0.322 e. The molecule has 0 aliphatic carbocycles. The largest absolute Gasteiger partial charge is 0.497 e. The number of carbonyl (C=O) groups is 3. The third-order valence-electron chi connectivity index (χ3n) is 2.71. The summed E-state index contributed by atoms with van der Waals surface area (Å²) in [5.74, 6) is -1.51. The lowest BCUT2D eigenvalue weighted by atomic mass is 10.2. The first-order valence-corrected chi connectivity index (χ1v) is 7.28. The summed E-state index contributed by atoms with van der Waals surface area (Å²) in [7, 11) is 1.53. The number of carboxylic acid groups (broad SMARTS) is 1. The van der Waals surface area contributed by atoms with Gasteiger partial charge in [-0.25, -0.2) is 4.98 Å². The summed E-state index contributed by atoms with van der Waals surface area (Å²) >= 11 is 1.07. The number of ether oxygens (including phenoxy) is 1. The highest BCUT2D eigenvalue weighted by Gasteiger charge is 2.14. The smallest absolute Gasteiger partial charge is 0.322 e. The molecule has 1 heterocycles. The molecular weight excluding hydrogens is 322 g/mol. The molecule has 0 saturated carbocycles. The summed E-state index contributed by atoms with van der Waals surface area (Å²) in [4.78, 5) is 38.0. The van der Waals surface area contributed by atoms with Gasteiger partial charge in [-0.05, 0) is 24.3 Å². The van der Waals surface area contributed by atoms with Gasteiger partial charge in [-0.3, -0.25) is 19.7 Å². The van der Waals surface area contributed by atoms with Crippen LogP contribution in [0, 0.1) is 0 Å². The van der Waals surface area contributed by atoms with Crippen molar-refractivity contribution in [2.45, 2.75) is 0 Å². The molecule has 1 aromatic heterocycles. The Bertz CT molecular complexity index is 726. The van der Waals surface area contributed by atoms with Crippen LogP contribution in [0.3, 0.4) is 0 Å². The van der Waals surface area contributed by atoms with E-state index >= 15 is 0 Å². The summed E-state index contributed by atoms with van der Waals surface area (Å²) in [5, 5.41) is 14.9. The Balaban J connectivity index is 1.98. The number of amides is 2. The van der Waals surface area contributed by atoms with Gasteiger partial charge in [-0.1, -0.05) is 0 Å². The van der Waals surface area contributed by atoms with E-state index in [1.54, 1.807) is 24.3 Å².